The van der Waals surface area contributed by atoms with Gasteiger partial charge >= 0.3 is 0 Å². The first-order valence-corrected chi connectivity index (χ1v) is 9.24. The van der Waals surface area contributed by atoms with Crippen molar-refractivity contribution in [2.75, 3.05) is 5.32 Å². The molecule has 0 fully saturated rings. The number of nitrogens with zero attached hydrogens (tertiary/aromatic N) is 3. The van der Waals surface area contributed by atoms with Crippen LogP contribution >= 0.6 is 0 Å². The Kier molecular flexibility index (Phi) is 3.87. The molecule has 2 amide bonds. The van der Waals surface area contributed by atoms with E-state index in [1.165, 1.54) is 0 Å². The second kappa shape index (κ2) is 6.56. The Labute approximate surface area is 166 Å². The summed E-state index contributed by atoms with van der Waals surface area (Å²) in [7, 11) is 0. The van der Waals surface area contributed by atoms with Crippen LogP contribution in [-0.4, -0.2) is 26.4 Å². The molecule has 142 valence electrons. The number of fused-ring (bicyclic) bond motifs is 2. The van der Waals surface area contributed by atoms with Gasteiger partial charge in [-0.25, -0.2) is 0 Å². The number of hydrogen-bond donors (Lipinski definition) is 2. The van der Waals surface area contributed by atoms with Gasteiger partial charge < -0.3 is 10.6 Å². The molecule has 2 aromatic carbocycles. The lowest BCUT2D eigenvalue weighted by Crippen LogP contribution is -2.21. The molecule has 1 atom stereocenters. The number of rotatable bonds is 3. The van der Waals surface area contributed by atoms with E-state index in [9.17, 15) is 9.59 Å². The predicted octanol–water partition coefficient (Wildman–Crippen LogP) is 3.12. The third kappa shape index (κ3) is 2.75. The molecule has 4 aromatic rings. The monoisotopic (exact) mass is 383 g/mol. The van der Waals surface area contributed by atoms with Crippen LogP contribution in [0.5, 0.6) is 0 Å². The minimum atomic E-state index is -0.389. The van der Waals surface area contributed by atoms with Crippen molar-refractivity contribution in [2.45, 2.75) is 13.0 Å². The molecule has 0 bridgehead atoms. The summed E-state index contributed by atoms with van der Waals surface area (Å²) in [5.41, 5.74) is 4.54. The molecule has 0 saturated heterocycles. The van der Waals surface area contributed by atoms with E-state index >= 15 is 0 Å². The summed E-state index contributed by atoms with van der Waals surface area (Å²) < 4.78 is 1.63. The first kappa shape index (κ1) is 17.1. The van der Waals surface area contributed by atoms with E-state index in [4.69, 9.17) is 0 Å². The van der Waals surface area contributed by atoms with Crippen LogP contribution in [0.2, 0.25) is 0 Å². The minimum Gasteiger partial charge on any atom is -0.341 e. The Bertz CT molecular complexity index is 1280. The van der Waals surface area contributed by atoms with Gasteiger partial charge in [0.05, 0.1) is 6.04 Å². The van der Waals surface area contributed by atoms with Crippen LogP contribution in [0.15, 0.2) is 66.9 Å². The molecule has 1 aliphatic rings. The molecule has 7 nitrogen and oxygen atoms in total. The van der Waals surface area contributed by atoms with Gasteiger partial charge in [0.2, 0.25) is 5.82 Å². The molecule has 2 N–H and O–H groups in total. The van der Waals surface area contributed by atoms with E-state index in [1.807, 2.05) is 43.3 Å². The zero-order valence-electron chi connectivity index (χ0n) is 15.6. The van der Waals surface area contributed by atoms with Gasteiger partial charge in [-0.05, 0) is 42.3 Å². The molecule has 0 spiro atoms. The van der Waals surface area contributed by atoms with Crippen molar-refractivity contribution >= 4 is 23.1 Å². The van der Waals surface area contributed by atoms with Crippen molar-refractivity contribution in [3.05, 3.63) is 94.9 Å². The molecule has 0 aliphatic carbocycles. The van der Waals surface area contributed by atoms with E-state index < -0.39 is 0 Å². The average Bonchev–Trinajstić information content (AvgIpc) is 3.31. The molecular formula is C22H17N5O2. The SMILES string of the molecule is Cc1ccccc1C1NC(=O)c2cccc(NC(=O)c3nnc4ccccn34)c21. The number of nitrogens with one attached hydrogen (secondary N) is 2. The number of aromatic nitrogens is 3. The summed E-state index contributed by atoms with van der Waals surface area (Å²) in [5.74, 6) is -0.361. The maximum absolute atomic E-state index is 12.9. The number of benzene rings is 2. The highest BCUT2D eigenvalue weighted by atomic mass is 16.2. The van der Waals surface area contributed by atoms with E-state index in [2.05, 4.69) is 20.8 Å². The first-order valence-electron chi connectivity index (χ1n) is 9.24. The maximum atomic E-state index is 12.9. The summed E-state index contributed by atoms with van der Waals surface area (Å²) in [6.45, 7) is 2.00. The van der Waals surface area contributed by atoms with E-state index in [0.29, 0.717) is 16.9 Å². The van der Waals surface area contributed by atoms with Gasteiger partial charge in [0, 0.05) is 23.0 Å². The number of hydrogen-bond acceptors (Lipinski definition) is 4. The molecule has 29 heavy (non-hydrogen) atoms. The lowest BCUT2D eigenvalue weighted by atomic mass is 9.93. The lowest BCUT2D eigenvalue weighted by Gasteiger charge is -2.18. The zero-order chi connectivity index (χ0) is 20.0. The second-order valence-corrected chi connectivity index (χ2v) is 6.94. The third-order valence-corrected chi connectivity index (χ3v) is 5.18. The van der Waals surface area contributed by atoms with Crippen LogP contribution in [0, 0.1) is 6.92 Å². The van der Waals surface area contributed by atoms with E-state index in [1.54, 1.807) is 34.9 Å². The number of carbonyl (C=O) groups is 2. The number of aryl methyl sites for hydroxylation is 1. The Balaban J connectivity index is 1.57. The van der Waals surface area contributed by atoms with E-state index in [0.717, 1.165) is 16.7 Å². The molecule has 1 unspecified atom stereocenters. The molecule has 0 saturated carbocycles. The predicted molar refractivity (Wildman–Crippen MR) is 108 cm³/mol. The van der Waals surface area contributed by atoms with Gasteiger partial charge in [0.15, 0.2) is 5.65 Å². The number of carbonyl (C=O) groups excluding carboxylic acids is 2. The summed E-state index contributed by atoms with van der Waals surface area (Å²) in [4.78, 5) is 25.5. The van der Waals surface area contributed by atoms with Crippen LogP contribution in [0.4, 0.5) is 5.69 Å². The summed E-state index contributed by atoms with van der Waals surface area (Å²) in [6, 6.07) is 18.3. The number of anilines is 1. The fraction of sp³-hybridized carbons (Fsp3) is 0.0909. The van der Waals surface area contributed by atoms with Crippen LogP contribution in [0.3, 0.4) is 0 Å². The molecule has 1 aliphatic heterocycles. The van der Waals surface area contributed by atoms with Gasteiger partial charge in [0.1, 0.15) is 0 Å². The zero-order valence-corrected chi connectivity index (χ0v) is 15.6. The average molecular weight is 383 g/mol. The van der Waals surface area contributed by atoms with Crippen molar-refractivity contribution in [1.29, 1.82) is 0 Å². The summed E-state index contributed by atoms with van der Waals surface area (Å²) in [6.07, 6.45) is 1.74. The van der Waals surface area contributed by atoms with Gasteiger partial charge in [-0.2, -0.15) is 0 Å². The van der Waals surface area contributed by atoms with Crippen LogP contribution < -0.4 is 10.6 Å². The Morgan fingerprint density at radius 2 is 1.86 bits per heavy atom. The highest BCUT2D eigenvalue weighted by Crippen LogP contribution is 2.37. The fourth-order valence-electron chi connectivity index (χ4n) is 3.78. The van der Waals surface area contributed by atoms with Crippen LogP contribution in [0.25, 0.3) is 5.65 Å². The minimum absolute atomic E-state index is 0.155. The molecule has 5 rings (SSSR count). The molecule has 7 heteroatoms. The van der Waals surface area contributed by atoms with Gasteiger partial charge in [-0.1, -0.05) is 36.4 Å². The topological polar surface area (TPSA) is 88.4 Å². The third-order valence-electron chi connectivity index (χ3n) is 5.18. The molecular weight excluding hydrogens is 366 g/mol. The number of pyridine rings is 1. The smallest absolute Gasteiger partial charge is 0.293 e. The van der Waals surface area contributed by atoms with Crippen LogP contribution in [0.1, 0.15) is 43.7 Å². The van der Waals surface area contributed by atoms with Crippen LogP contribution in [-0.2, 0) is 0 Å². The first-order chi connectivity index (χ1) is 14.1. The standard InChI is InChI=1S/C22H17N5O2/c1-13-7-2-3-8-14(13)19-18-15(21(28)24-19)9-6-10-16(18)23-22(29)20-26-25-17-11-4-5-12-27(17)20/h2-12,19H,1H3,(H,23,29)(H,24,28). The van der Waals surface area contributed by atoms with Crippen molar-refractivity contribution in [3.63, 3.8) is 0 Å². The molecule has 2 aromatic heterocycles. The quantitative estimate of drug-likeness (QED) is 0.569. The lowest BCUT2D eigenvalue weighted by molar-refractivity contribution is 0.0959. The summed E-state index contributed by atoms with van der Waals surface area (Å²) >= 11 is 0. The van der Waals surface area contributed by atoms with Gasteiger partial charge in [-0.3, -0.25) is 14.0 Å². The maximum Gasteiger partial charge on any atom is 0.293 e. The van der Waals surface area contributed by atoms with Crippen molar-refractivity contribution < 1.29 is 9.59 Å². The van der Waals surface area contributed by atoms with E-state index in [-0.39, 0.29) is 23.7 Å². The second-order valence-electron chi connectivity index (χ2n) is 6.94. The normalized spacial score (nSPS) is 15.2. The van der Waals surface area contributed by atoms with Crippen molar-refractivity contribution in [3.8, 4) is 0 Å². The highest BCUT2D eigenvalue weighted by molar-refractivity contribution is 6.06. The Morgan fingerprint density at radius 3 is 2.72 bits per heavy atom. The highest BCUT2D eigenvalue weighted by Gasteiger charge is 2.33. The van der Waals surface area contributed by atoms with Gasteiger partial charge in [-0.15, -0.1) is 10.2 Å². The summed E-state index contributed by atoms with van der Waals surface area (Å²) in [5, 5.41) is 14.0. The molecule has 0 radical (unpaired) electrons. The van der Waals surface area contributed by atoms with Crippen molar-refractivity contribution in [1.82, 2.24) is 19.9 Å². The Hall–Kier alpha value is -4.00. The van der Waals surface area contributed by atoms with Crippen molar-refractivity contribution in [2.24, 2.45) is 0 Å². The largest absolute Gasteiger partial charge is 0.341 e. The fourth-order valence-corrected chi connectivity index (χ4v) is 3.78. The molecule has 3 heterocycles. The Morgan fingerprint density at radius 1 is 1.03 bits per heavy atom. The number of amides is 2. The van der Waals surface area contributed by atoms with Gasteiger partial charge in [0.25, 0.3) is 11.8 Å².